The topological polar surface area (TPSA) is 81.4 Å². The maximum atomic E-state index is 12.9. The Hall–Kier alpha value is -1.70. The Balaban J connectivity index is 2.64. The van der Waals surface area contributed by atoms with Crippen LogP contribution in [0.15, 0.2) is 23.1 Å². The fourth-order valence-corrected chi connectivity index (χ4v) is 4.34. The first-order chi connectivity index (χ1) is 13.8. The van der Waals surface area contributed by atoms with Crippen LogP contribution in [0.1, 0.15) is 63.9 Å². The summed E-state index contributed by atoms with van der Waals surface area (Å²) in [5.74, 6) is -0.438. The predicted molar refractivity (Wildman–Crippen MR) is 124 cm³/mol. The number of nitrogens with zero attached hydrogens (tertiary/aromatic N) is 2. The number of rotatable bonds is 8. The first-order valence-corrected chi connectivity index (χ1v) is 13.7. The van der Waals surface area contributed by atoms with Gasteiger partial charge in [-0.2, -0.15) is 0 Å². The van der Waals surface area contributed by atoms with Gasteiger partial charge in [0.25, 0.3) is 0 Å². The van der Waals surface area contributed by atoms with Crippen LogP contribution >= 0.6 is 11.6 Å². The fraction of sp³-hybridized carbons (Fsp3) is 0.591. The molecule has 2 aromatic heterocycles. The lowest BCUT2D eigenvalue weighted by Gasteiger charge is -2.37. The van der Waals surface area contributed by atoms with E-state index in [1.54, 1.807) is 25.3 Å². The minimum Gasteiger partial charge on any atom is -0.462 e. The lowest BCUT2D eigenvalue weighted by atomic mass is 9.94. The second kappa shape index (κ2) is 9.20. The molecule has 30 heavy (non-hydrogen) atoms. The molecular weight excluding hydrogens is 420 g/mol. The number of fused-ring (bicyclic) bond motifs is 1. The van der Waals surface area contributed by atoms with Gasteiger partial charge < -0.3 is 14.1 Å². The van der Waals surface area contributed by atoms with E-state index in [9.17, 15) is 14.4 Å². The molecular formula is C22H33ClN2O4Si. The Morgan fingerprint density at radius 3 is 2.50 bits per heavy atom. The van der Waals surface area contributed by atoms with Crippen LogP contribution in [0.3, 0.4) is 0 Å². The number of hydrogen-bond acceptors (Lipinski definition) is 5. The van der Waals surface area contributed by atoms with Crippen molar-refractivity contribution in [1.82, 2.24) is 9.55 Å². The number of ether oxygens (including phenoxy) is 1. The normalized spacial score (nSPS) is 13.7. The Labute approximate surface area is 184 Å². The van der Waals surface area contributed by atoms with Gasteiger partial charge >= 0.3 is 5.97 Å². The van der Waals surface area contributed by atoms with Gasteiger partial charge in [-0.3, -0.25) is 4.79 Å². The molecule has 0 spiro atoms. The van der Waals surface area contributed by atoms with Crippen molar-refractivity contribution in [3.8, 4) is 0 Å². The highest BCUT2D eigenvalue weighted by molar-refractivity contribution is 6.72. The van der Waals surface area contributed by atoms with Gasteiger partial charge in [0.1, 0.15) is 16.2 Å². The summed E-state index contributed by atoms with van der Waals surface area (Å²) < 4.78 is 7.06. The number of pyridine rings is 2. The van der Waals surface area contributed by atoms with Crippen LogP contribution in [0.2, 0.25) is 23.3 Å². The molecule has 2 aromatic rings. The monoisotopic (exact) mass is 452 g/mol. The SMILES string of the molecule is CCOC(=O)c1cn([C@H](CCC(C)(C)[Si](C)(C)O)C(C)C)c2ccc(Cl)nc2c1=O. The summed E-state index contributed by atoms with van der Waals surface area (Å²) in [6, 6.07) is 3.42. The number of esters is 1. The van der Waals surface area contributed by atoms with Gasteiger partial charge in [0.15, 0.2) is 8.32 Å². The van der Waals surface area contributed by atoms with E-state index < -0.39 is 19.7 Å². The number of halogens is 1. The first-order valence-electron chi connectivity index (χ1n) is 10.4. The second-order valence-electron chi connectivity index (χ2n) is 9.29. The molecule has 0 saturated carbocycles. The molecule has 2 rings (SSSR count). The molecule has 0 aliphatic rings. The smallest absolute Gasteiger partial charge is 0.343 e. The van der Waals surface area contributed by atoms with Gasteiger partial charge in [-0.1, -0.05) is 39.3 Å². The second-order valence-corrected chi connectivity index (χ2v) is 14.2. The molecule has 0 bridgehead atoms. The van der Waals surface area contributed by atoms with Crippen molar-refractivity contribution in [3.05, 3.63) is 39.3 Å². The molecule has 0 saturated heterocycles. The number of carbonyl (C=O) groups is 1. The lowest BCUT2D eigenvalue weighted by molar-refractivity contribution is 0.0523. The van der Waals surface area contributed by atoms with Crippen molar-refractivity contribution in [1.29, 1.82) is 0 Å². The average Bonchev–Trinajstić information content (AvgIpc) is 2.62. The maximum absolute atomic E-state index is 12.9. The van der Waals surface area contributed by atoms with Crippen molar-refractivity contribution in [3.63, 3.8) is 0 Å². The summed E-state index contributed by atoms with van der Waals surface area (Å²) in [6.07, 6.45) is 3.19. The van der Waals surface area contributed by atoms with Gasteiger partial charge in [-0.05, 0) is 55.9 Å². The Bertz CT molecular complexity index is 979. The molecule has 0 radical (unpaired) electrons. The van der Waals surface area contributed by atoms with E-state index in [2.05, 4.69) is 32.7 Å². The van der Waals surface area contributed by atoms with Gasteiger partial charge in [0, 0.05) is 12.2 Å². The fourth-order valence-electron chi connectivity index (χ4n) is 3.44. The summed E-state index contributed by atoms with van der Waals surface area (Å²) in [5, 5.41) is 0.0166. The molecule has 1 atom stereocenters. The third kappa shape index (κ3) is 5.13. The standard InChI is InChI=1S/C22H33ClN2O4Si/c1-8-29-21(27)15-13-25(17-9-10-18(23)24-19(17)20(15)26)16(14(2)3)11-12-22(4,5)30(6,7)28/h9-10,13-14,16,28H,8,11-12H2,1-7H3/t16-/m1/s1. The summed E-state index contributed by atoms with van der Waals surface area (Å²) in [4.78, 5) is 40.3. The Morgan fingerprint density at radius 2 is 1.97 bits per heavy atom. The van der Waals surface area contributed by atoms with E-state index in [0.29, 0.717) is 5.52 Å². The van der Waals surface area contributed by atoms with Crippen molar-refractivity contribution in [2.75, 3.05) is 6.61 Å². The highest BCUT2D eigenvalue weighted by atomic mass is 35.5. The van der Waals surface area contributed by atoms with E-state index in [1.807, 2.05) is 17.7 Å². The predicted octanol–water partition coefficient (Wildman–Crippen LogP) is 5.18. The number of aromatic nitrogens is 2. The van der Waals surface area contributed by atoms with Crippen molar-refractivity contribution >= 4 is 36.9 Å². The highest BCUT2D eigenvalue weighted by Gasteiger charge is 2.38. The van der Waals surface area contributed by atoms with Crippen LogP contribution < -0.4 is 5.43 Å². The van der Waals surface area contributed by atoms with Crippen molar-refractivity contribution in [2.24, 2.45) is 5.92 Å². The van der Waals surface area contributed by atoms with E-state index in [4.69, 9.17) is 16.3 Å². The molecule has 8 heteroatoms. The van der Waals surface area contributed by atoms with Crippen LogP contribution in [0, 0.1) is 5.92 Å². The largest absolute Gasteiger partial charge is 0.462 e. The molecule has 1 N–H and O–H groups in total. The summed E-state index contributed by atoms with van der Waals surface area (Å²) in [6.45, 7) is 14.2. The van der Waals surface area contributed by atoms with Crippen LogP contribution in [-0.2, 0) is 4.74 Å². The number of hydrogen-bond donors (Lipinski definition) is 1. The lowest BCUT2D eigenvalue weighted by Crippen LogP contribution is -2.39. The molecule has 0 fully saturated rings. The zero-order valence-corrected chi connectivity index (χ0v) is 20.7. The molecule has 0 aromatic carbocycles. The zero-order valence-electron chi connectivity index (χ0n) is 19.0. The minimum absolute atomic E-state index is 0.000114. The summed E-state index contributed by atoms with van der Waals surface area (Å²) in [7, 11) is -2.36. The first kappa shape index (κ1) is 24.6. The minimum atomic E-state index is -2.36. The van der Waals surface area contributed by atoms with Crippen molar-refractivity contribution < 1.29 is 14.3 Å². The summed E-state index contributed by atoms with van der Waals surface area (Å²) >= 11 is 6.05. The molecule has 6 nitrogen and oxygen atoms in total. The highest BCUT2D eigenvalue weighted by Crippen LogP contribution is 2.42. The molecule has 166 valence electrons. The zero-order chi connectivity index (χ0) is 22.9. The summed E-state index contributed by atoms with van der Waals surface area (Å²) in [5.41, 5.74) is 0.277. The Morgan fingerprint density at radius 1 is 1.33 bits per heavy atom. The molecule has 0 aliphatic heterocycles. The van der Waals surface area contributed by atoms with E-state index in [1.165, 1.54) is 0 Å². The maximum Gasteiger partial charge on any atom is 0.343 e. The van der Waals surface area contributed by atoms with Crippen molar-refractivity contribution in [2.45, 2.75) is 71.6 Å². The van der Waals surface area contributed by atoms with Crippen LogP contribution in [0.5, 0.6) is 0 Å². The van der Waals surface area contributed by atoms with E-state index >= 15 is 0 Å². The molecule has 2 heterocycles. The quantitative estimate of drug-likeness (QED) is 0.339. The van der Waals surface area contributed by atoms with E-state index in [0.717, 1.165) is 12.8 Å². The van der Waals surface area contributed by atoms with Gasteiger partial charge in [-0.15, -0.1) is 0 Å². The third-order valence-electron chi connectivity index (χ3n) is 6.19. The Kier molecular flexibility index (Phi) is 7.53. The van der Waals surface area contributed by atoms with Gasteiger partial charge in [-0.25, -0.2) is 9.78 Å². The van der Waals surface area contributed by atoms with Crippen LogP contribution in [-0.4, -0.2) is 35.2 Å². The number of carbonyl (C=O) groups excluding carboxylic acids is 1. The van der Waals surface area contributed by atoms with Crippen LogP contribution in [0.4, 0.5) is 0 Å². The van der Waals surface area contributed by atoms with Gasteiger partial charge in [0.2, 0.25) is 5.43 Å². The third-order valence-corrected chi connectivity index (χ3v) is 9.96. The molecule has 0 aliphatic carbocycles. The molecule has 0 unspecified atom stereocenters. The van der Waals surface area contributed by atoms with Crippen LogP contribution in [0.25, 0.3) is 11.0 Å². The van der Waals surface area contributed by atoms with Gasteiger partial charge in [0.05, 0.1) is 12.1 Å². The molecule has 0 amide bonds. The average molecular weight is 453 g/mol. The van der Waals surface area contributed by atoms with E-state index in [-0.39, 0.29) is 39.8 Å².